The van der Waals surface area contributed by atoms with Crippen LogP contribution in [0.4, 0.5) is 0 Å². The highest BCUT2D eigenvalue weighted by Gasteiger charge is 2.26. The van der Waals surface area contributed by atoms with Gasteiger partial charge in [-0.2, -0.15) is 0 Å². The van der Waals surface area contributed by atoms with Crippen LogP contribution in [0.5, 0.6) is 0 Å². The van der Waals surface area contributed by atoms with E-state index in [1.807, 2.05) is 0 Å². The third-order valence-corrected chi connectivity index (χ3v) is 5.24. The molecule has 0 fully saturated rings. The first-order chi connectivity index (χ1) is 9.71. The fourth-order valence-corrected chi connectivity index (χ4v) is 3.60. The lowest BCUT2D eigenvalue weighted by Crippen LogP contribution is -2.23. The smallest absolute Gasteiger partial charge is 0.00772 e. The Morgan fingerprint density at radius 2 is 1.62 bits per heavy atom. The summed E-state index contributed by atoms with van der Waals surface area (Å²) in [4.78, 5) is 0. The van der Waals surface area contributed by atoms with Crippen LogP contribution in [0, 0.1) is 29.1 Å². The number of hydrogen-bond donors (Lipinski definition) is 1. The Kier molecular flexibility index (Phi) is 10.6. The summed E-state index contributed by atoms with van der Waals surface area (Å²) >= 11 is 0. The molecule has 1 heteroatoms. The Morgan fingerprint density at radius 3 is 2.10 bits per heavy atom. The van der Waals surface area contributed by atoms with Crippen molar-refractivity contribution in [2.75, 3.05) is 6.54 Å². The van der Waals surface area contributed by atoms with Gasteiger partial charge in [0.05, 0.1) is 0 Å². The molecule has 0 aromatic rings. The lowest BCUT2D eigenvalue weighted by atomic mass is 9.72. The van der Waals surface area contributed by atoms with Gasteiger partial charge in [0.25, 0.3) is 0 Å². The minimum atomic E-state index is 0.487. The van der Waals surface area contributed by atoms with E-state index in [2.05, 4.69) is 48.5 Å². The fraction of sp³-hybridized carbons (Fsp3) is 1.00. The summed E-state index contributed by atoms with van der Waals surface area (Å²) in [6.07, 6.45) is 9.31. The zero-order valence-corrected chi connectivity index (χ0v) is 16.0. The summed E-state index contributed by atoms with van der Waals surface area (Å²) in [5.74, 6) is 3.36. The van der Waals surface area contributed by atoms with Crippen molar-refractivity contribution < 1.29 is 0 Å². The summed E-state index contributed by atoms with van der Waals surface area (Å²) < 4.78 is 0. The first kappa shape index (κ1) is 21.0. The molecule has 128 valence electrons. The van der Waals surface area contributed by atoms with Gasteiger partial charge in [-0.15, -0.1) is 0 Å². The molecule has 0 radical (unpaired) electrons. The van der Waals surface area contributed by atoms with Crippen molar-refractivity contribution in [1.82, 2.24) is 0 Å². The Bertz CT molecular complexity index is 244. The molecular formula is C20H43N. The highest BCUT2D eigenvalue weighted by Crippen LogP contribution is 2.37. The summed E-state index contributed by atoms with van der Waals surface area (Å²) in [5, 5.41) is 0. The normalized spacial score (nSPS) is 17.0. The Morgan fingerprint density at radius 1 is 1.00 bits per heavy atom. The van der Waals surface area contributed by atoms with Crippen molar-refractivity contribution in [3.8, 4) is 0 Å². The second-order valence-electron chi connectivity index (χ2n) is 8.72. The molecule has 0 amide bonds. The summed E-state index contributed by atoms with van der Waals surface area (Å²) in [6.45, 7) is 17.7. The molecule has 21 heavy (non-hydrogen) atoms. The van der Waals surface area contributed by atoms with Crippen LogP contribution in [0.2, 0.25) is 0 Å². The van der Waals surface area contributed by atoms with E-state index in [9.17, 15) is 0 Å². The van der Waals surface area contributed by atoms with Crippen LogP contribution < -0.4 is 5.73 Å². The molecule has 0 spiro atoms. The lowest BCUT2D eigenvalue weighted by molar-refractivity contribution is 0.173. The van der Waals surface area contributed by atoms with Crippen molar-refractivity contribution >= 4 is 0 Å². The summed E-state index contributed by atoms with van der Waals surface area (Å²) in [5.41, 5.74) is 6.22. The maximum atomic E-state index is 5.73. The van der Waals surface area contributed by atoms with E-state index >= 15 is 0 Å². The molecule has 0 heterocycles. The molecule has 0 rings (SSSR count). The van der Waals surface area contributed by atoms with Gasteiger partial charge in [-0.25, -0.2) is 0 Å². The molecule has 0 aromatic heterocycles. The predicted octanol–water partition coefficient (Wildman–Crippen LogP) is 6.27. The minimum Gasteiger partial charge on any atom is -0.330 e. The maximum absolute atomic E-state index is 5.73. The second-order valence-corrected chi connectivity index (χ2v) is 8.72. The Labute approximate surface area is 135 Å². The zero-order chi connectivity index (χ0) is 16.5. The van der Waals surface area contributed by atoms with E-state index in [4.69, 9.17) is 5.73 Å². The zero-order valence-electron chi connectivity index (χ0n) is 16.0. The van der Waals surface area contributed by atoms with Gasteiger partial charge in [-0.05, 0) is 67.7 Å². The molecule has 0 aliphatic carbocycles. The average molecular weight is 298 g/mol. The van der Waals surface area contributed by atoms with Crippen molar-refractivity contribution in [3.05, 3.63) is 0 Å². The molecule has 0 bridgehead atoms. The lowest BCUT2D eigenvalue weighted by Gasteiger charge is -2.34. The predicted molar refractivity (Wildman–Crippen MR) is 97.5 cm³/mol. The third-order valence-electron chi connectivity index (χ3n) is 5.24. The second kappa shape index (κ2) is 10.6. The first-order valence-corrected chi connectivity index (χ1v) is 9.41. The van der Waals surface area contributed by atoms with Gasteiger partial charge in [0.15, 0.2) is 0 Å². The van der Waals surface area contributed by atoms with E-state index in [0.29, 0.717) is 5.41 Å². The van der Waals surface area contributed by atoms with Gasteiger partial charge in [0.2, 0.25) is 0 Å². The minimum absolute atomic E-state index is 0.487. The molecule has 0 aromatic carbocycles. The van der Waals surface area contributed by atoms with E-state index in [-0.39, 0.29) is 0 Å². The van der Waals surface area contributed by atoms with Crippen molar-refractivity contribution in [3.63, 3.8) is 0 Å². The molecule has 2 N–H and O–H groups in total. The molecule has 0 aliphatic heterocycles. The van der Waals surface area contributed by atoms with Crippen LogP contribution >= 0.6 is 0 Å². The number of rotatable bonds is 12. The summed E-state index contributed by atoms with van der Waals surface area (Å²) in [6, 6.07) is 0. The van der Waals surface area contributed by atoms with Crippen LogP contribution in [-0.2, 0) is 0 Å². The molecule has 0 saturated heterocycles. The van der Waals surface area contributed by atoms with Crippen LogP contribution in [0.3, 0.4) is 0 Å². The van der Waals surface area contributed by atoms with Gasteiger partial charge in [-0.1, -0.05) is 61.3 Å². The van der Waals surface area contributed by atoms with Gasteiger partial charge >= 0.3 is 0 Å². The van der Waals surface area contributed by atoms with Gasteiger partial charge < -0.3 is 5.73 Å². The van der Waals surface area contributed by atoms with Crippen molar-refractivity contribution in [1.29, 1.82) is 0 Å². The van der Waals surface area contributed by atoms with Gasteiger partial charge in [0.1, 0.15) is 0 Å². The maximum Gasteiger partial charge on any atom is -0.00772 e. The van der Waals surface area contributed by atoms with Crippen LogP contribution in [0.1, 0.15) is 93.4 Å². The molecule has 0 aliphatic rings. The first-order valence-electron chi connectivity index (χ1n) is 9.41. The monoisotopic (exact) mass is 297 g/mol. The van der Waals surface area contributed by atoms with E-state index in [0.717, 1.165) is 30.2 Å². The quantitative estimate of drug-likeness (QED) is 0.451. The Balaban J connectivity index is 4.44. The molecule has 3 atom stereocenters. The topological polar surface area (TPSA) is 26.0 Å². The number of hydrogen-bond acceptors (Lipinski definition) is 1. The highest BCUT2D eigenvalue weighted by atomic mass is 14.5. The molecule has 1 nitrogen and oxygen atoms in total. The van der Waals surface area contributed by atoms with E-state index in [1.54, 1.807) is 0 Å². The molecular weight excluding hydrogens is 254 g/mol. The van der Waals surface area contributed by atoms with Crippen LogP contribution in [0.15, 0.2) is 0 Å². The van der Waals surface area contributed by atoms with Crippen molar-refractivity contribution in [2.45, 2.75) is 93.4 Å². The van der Waals surface area contributed by atoms with E-state index < -0.39 is 0 Å². The van der Waals surface area contributed by atoms with E-state index in [1.165, 1.54) is 44.9 Å². The van der Waals surface area contributed by atoms with Gasteiger partial charge in [-0.3, -0.25) is 0 Å². The van der Waals surface area contributed by atoms with Crippen LogP contribution in [-0.4, -0.2) is 6.54 Å². The highest BCUT2D eigenvalue weighted by molar-refractivity contribution is 4.77. The molecule has 0 saturated carbocycles. The average Bonchev–Trinajstić information content (AvgIpc) is 2.39. The standard InChI is InChI=1S/C20H43N/c1-8-17(4)11-12-20(6,7)15-18(5)19(10-9-13-21)14-16(2)3/h16-19H,8-15,21H2,1-7H3. The van der Waals surface area contributed by atoms with Gasteiger partial charge in [0, 0.05) is 0 Å². The van der Waals surface area contributed by atoms with Crippen molar-refractivity contribution in [2.24, 2.45) is 34.8 Å². The van der Waals surface area contributed by atoms with Crippen LogP contribution in [0.25, 0.3) is 0 Å². The summed E-state index contributed by atoms with van der Waals surface area (Å²) in [7, 11) is 0. The SMILES string of the molecule is CCC(C)CCC(C)(C)CC(C)C(CCCN)CC(C)C. The molecule has 3 unspecified atom stereocenters. The third kappa shape index (κ3) is 10.3. The fourth-order valence-electron chi connectivity index (χ4n) is 3.60. The number of nitrogens with two attached hydrogens (primary N) is 1. The Hall–Kier alpha value is -0.0400. The largest absolute Gasteiger partial charge is 0.330 e.